The maximum absolute atomic E-state index is 12.5. The van der Waals surface area contributed by atoms with Crippen molar-refractivity contribution in [2.24, 2.45) is 0 Å². The van der Waals surface area contributed by atoms with Gasteiger partial charge in [0.25, 0.3) is 0 Å². The van der Waals surface area contributed by atoms with Crippen LogP contribution in [0.4, 0.5) is 15.7 Å². The van der Waals surface area contributed by atoms with E-state index in [9.17, 15) is 18.0 Å². The number of thiazole rings is 1. The number of carbonyl (C=O) groups excluding carboxylic acids is 2. The van der Waals surface area contributed by atoms with Gasteiger partial charge in [-0.3, -0.25) is 15.4 Å². The summed E-state index contributed by atoms with van der Waals surface area (Å²) in [7, 11) is -3.28. The Morgan fingerprint density at radius 1 is 1.21 bits per heavy atom. The number of nitrogens with one attached hydrogen (secondary N) is 3. The van der Waals surface area contributed by atoms with Gasteiger partial charge < -0.3 is 9.88 Å². The first-order valence-electron chi connectivity index (χ1n) is 10.3. The number of pyridine rings is 1. The zero-order chi connectivity index (χ0) is 24.3. The summed E-state index contributed by atoms with van der Waals surface area (Å²) in [6, 6.07) is 4.58. The molecule has 3 aromatic heterocycles. The Hall–Kier alpha value is -3.43. The normalized spacial score (nSPS) is 13.8. The first-order chi connectivity index (χ1) is 16.2. The van der Waals surface area contributed by atoms with E-state index in [1.54, 1.807) is 29.1 Å². The fourth-order valence-electron chi connectivity index (χ4n) is 3.35. The van der Waals surface area contributed by atoms with Crippen LogP contribution < -0.4 is 16.0 Å². The molecule has 0 spiro atoms. The summed E-state index contributed by atoms with van der Waals surface area (Å²) in [5.74, 6) is 0.673. The highest BCUT2D eigenvalue weighted by Gasteiger charge is 2.26. The number of urea groups is 1. The summed E-state index contributed by atoms with van der Waals surface area (Å²) in [6.07, 6.45) is 3.22. The van der Waals surface area contributed by atoms with E-state index in [4.69, 9.17) is 0 Å². The van der Waals surface area contributed by atoms with Crippen LogP contribution in [0.15, 0.2) is 24.5 Å². The summed E-state index contributed by atoms with van der Waals surface area (Å²) >= 11 is 1.25. The number of hydrogen-bond donors (Lipinski definition) is 3. The Morgan fingerprint density at radius 2 is 2.03 bits per heavy atom. The lowest BCUT2D eigenvalue weighted by atomic mass is 10.2. The van der Waals surface area contributed by atoms with Crippen molar-refractivity contribution in [3.05, 3.63) is 35.1 Å². The van der Waals surface area contributed by atoms with Crippen LogP contribution in [0, 0.1) is 0 Å². The van der Waals surface area contributed by atoms with Crippen molar-refractivity contribution in [1.29, 1.82) is 0 Å². The number of anilines is 2. The molecule has 4 rings (SSSR count). The van der Waals surface area contributed by atoms with Crippen molar-refractivity contribution < 1.29 is 18.0 Å². The molecule has 0 aromatic carbocycles. The maximum atomic E-state index is 12.5. The number of fused-ring (bicyclic) bond motifs is 1. The lowest BCUT2D eigenvalue weighted by Gasteiger charge is -2.23. The van der Waals surface area contributed by atoms with Crippen LogP contribution in [0.2, 0.25) is 0 Å². The summed E-state index contributed by atoms with van der Waals surface area (Å²) in [4.78, 5) is 33.2. The molecule has 0 saturated carbocycles. The monoisotopic (exact) mass is 505 g/mol. The second kappa shape index (κ2) is 9.82. The van der Waals surface area contributed by atoms with E-state index >= 15 is 0 Å². The number of aromatic nitrogens is 5. The molecule has 15 heteroatoms. The molecular weight excluding hydrogens is 482 g/mol. The second-order valence-corrected chi connectivity index (χ2v) is 10.6. The molecule has 4 heterocycles. The predicted molar refractivity (Wildman–Crippen MR) is 126 cm³/mol. The SMILES string of the molecule is CC(=O)NCCn1cnnc1-c1cccc(NC(=O)Nc2nc3c(s2)CN(S(C)(=O)=O)CC3)n1. The molecule has 0 unspecified atom stereocenters. The minimum absolute atomic E-state index is 0.126. The Labute approximate surface area is 199 Å². The van der Waals surface area contributed by atoms with E-state index in [1.807, 2.05) is 0 Å². The first-order valence-corrected chi connectivity index (χ1v) is 13.0. The van der Waals surface area contributed by atoms with Crippen molar-refractivity contribution in [2.45, 2.75) is 26.4 Å². The van der Waals surface area contributed by atoms with Crippen molar-refractivity contribution in [1.82, 2.24) is 34.4 Å². The minimum Gasteiger partial charge on any atom is -0.355 e. The Bertz CT molecular complexity index is 1320. The topological polar surface area (TPSA) is 164 Å². The van der Waals surface area contributed by atoms with Crippen LogP contribution in [0.5, 0.6) is 0 Å². The van der Waals surface area contributed by atoms with Gasteiger partial charge >= 0.3 is 6.03 Å². The smallest absolute Gasteiger partial charge is 0.326 e. The quantitative estimate of drug-likeness (QED) is 0.426. The highest BCUT2D eigenvalue weighted by molar-refractivity contribution is 7.88. The maximum Gasteiger partial charge on any atom is 0.326 e. The molecule has 1 aliphatic rings. The van der Waals surface area contributed by atoms with Crippen molar-refractivity contribution in [3.8, 4) is 11.5 Å². The third-order valence-electron chi connectivity index (χ3n) is 4.95. The Balaban J connectivity index is 1.40. The highest BCUT2D eigenvalue weighted by atomic mass is 32.2. The third-order valence-corrected chi connectivity index (χ3v) is 7.20. The van der Waals surface area contributed by atoms with E-state index < -0.39 is 16.1 Å². The molecule has 1 aliphatic heterocycles. The number of carbonyl (C=O) groups is 2. The number of amides is 3. The molecule has 0 fully saturated rings. The average molecular weight is 506 g/mol. The molecule has 0 radical (unpaired) electrons. The van der Waals surface area contributed by atoms with Crippen molar-refractivity contribution >= 4 is 44.2 Å². The Morgan fingerprint density at radius 3 is 2.79 bits per heavy atom. The van der Waals surface area contributed by atoms with Gasteiger partial charge in [-0.1, -0.05) is 17.4 Å². The van der Waals surface area contributed by atoms with Crippen molar-refractivity contribution in [3.63, 3.8) is 0 Å². The molecule has 0 bridgehead atoms. The van der Waals surface area contributed by atoms with Gasteiger partial charge in [-0.25, -0.2) is 23.2 Å². The molecule has 0 atom stereocenters. The lowest BCUT2D eigenvalue weighted by molar-refractivity contribution is -0.118. The first kappa shape index (κ1) is 23.7. The second-order valence-electron chi connectivity index (χ2n) is 7.55. The molecule has 34 heavy (non-hydrogen) atoms. The summed E-state index contributed by atoms with van der Waals surface area (Å²) in [5.41, 5.74) is 1.29. The molecule has 0 aliphatic carbocycles. The zero-order valence-corrected chi connectivity index (χ0v) is 20.1. The number of sulfonamides is 1. The number of hydrogen-bond acceptors (Lipinski definition) is 9. The fraction of sp³-hybridized carbons (Fsp3) is 0.368. The van der Waals surface area contributed by atoms with Crippen molar-refractivity contribution in [2.75, 3.05) is 30.0 Å². The number of rotatable bonds is 7. The van der Waals surface area contributed by atoms with Gasteiger partial charge in [0, 0.05) is 44.4 Å². The number of nitrogens with zero attached hydrogens (tertiary/aromatic N) is 6. The van der Waals surface area contributed by atoms with Crippen LogP contribution in [0.25, 0.3) is 11.5 Å². The molecule has 3 aromatic rings. The van der Waals surface area contributed by atoms with Crippen LogP contribution in [-0.4, -0.2) is 68.7 Å². The van der Waals surface area contributed by atoms with Gasteiger partial charge in [-0.15, -0.1) is 10.2 Å². The molecule has 180 valence electrons. The standard InChI is InChI=1S/C19H23N9O4S2/c1-12(29)20-7-9-27-11-21-26-17(27)14-4-3-5-16(22-14)24-18(30)25-19-23-13-6-8-28(34(2,31)32)10-15(13)33-19/h3-5,11H,6-10H2,1-2H3,(H,20,29)(H2,22,23,24,25,30). The van der Waals surface area contributed by atoms with E-state index in [0.717, 1.165) is 10.6 Å². The van der Waals surface area contributed by atoms with Gasteiger partial charge in [0.15, 0.2) is 11.0 Å². The van der Waals surface area contributed by atoms with Crippen LogP contribution in [-0.2, 0) is 34.3 Å². The molecule has 3 amide bonds. The predicted octanol–water partition coefficient (Wildman–Crippen LogP) is 0.894. The largest absolute Gasteiger partial charge is 0.355 e. The van der Waals surface area contributed by atoms with Gasteiger partial charge in [-0.05, 0) is 12.1 Å². The highest BCUT2D eigenvalue weighted by Crippen LogP contribution is 2.29. The van der Waals surface area contributed by atoms with Crippen LogP contribution in [0.1, 0.15) is 17.5 Å². The average Bonchev–Trinajstić information content (AvgIpc) is 3.38. The summed E-state index contributed by atoms with van der Waals surface area (Å²) in [5, 5.41) is 16.4. The van der Waals surface area contributed by atoms with E-state index in [0.29, 0.717) is 48.5 Å². The van der Waals surface area contributed by atoms with Crippen LogP contribution >= 0.6 is 11.3 Å². The van der Waals surface area contributed by atoms with Gasteiger partial charge in [0.2, 0.25) is 15.9 Å². The van der Waals surface area contributed by atoms with Gasteiger partial charge in [0.05, 0.1) is 11.9 Å². The van der Waals surface area contributed by atoms with E-state index in [-0.39, 0.29) is 12.5 Å². The third kappa shape index (κ3) is 5.73. The molecule has 3 N–H and O–H groups in total. The van der Waals surface area contributed by atoms with E-state index in [2.05, 4.69) is 36.1 Å². The van der Waals surface area contributed by atoms with Gasteiger partial charge in [0.1, 0.15) is 17.8 Å². The minimum atomic E-state index is -3.28. The summed E-state index contributed by atoms with van der Waals surface area (Å²) < 4.78 is 26.7. The van der Waals surface area contributed by atoms with Gasteiger partial charge in [-0.2, -0.15) is 4.31 Å². The molecule has 13 nitrogen and oxygen atoms in total. The molecule has 0 saturated heterocycles. The molecular formula is C19H23N9O4S2. The van der Waals surface area contributed by atoms with E-state index in [1.165, 1.54) is 28.8 Å². The van der Waals surface area contributed by atoms with Crippen LogP contribution in [0.3, 0.4) is 0 Å². The fourth-order valence-corrected chi connectivity index (χ4v) is 5.24. The lowest BCUT2D eigenvalue weighted by Crippen LogP contribution is -2.34. The zero-order valence-electron chi connectivity index (χ0n) is 18.5. The summed E-state index contributed by atoms with van der Waals surface area (Å²) in [6.45, 7) is 2.95. The Kier molecular flexibility index (Phi) is 6.85.